The molecule has 1 rings (SSSR count). The molecule has 0 saturated heterocycles. The molecule has 1 nitrogen and oxygen atoms in total. The third-order valence-electron chi connectivity index (χ3n) is 3.60. The summed E-state index contributed by atoms with van der Waals surface area (Å²) < 4.78 is 0. The van der Waals surface area contributed by atoms with Crippen LogP contribution in [0, 0.1) is 11.3 Å². The van der Waals surface area contributed by atoms with Crippen LogP contribution in [0.15, 0.2) is 30.3 Å². The molecule has 102 valence electrons. The number of nitrogens with zero attached hydrogens (tertiary/aromatic N) is 1. The maximum atomic E-state index is 4.50. The van der Waals surface area contributed by atoms with Gasteiger partial charge >= 0.3 is 0 Å². The van der Waals surface area contributed by atoms with Gasteiger partial charge in [-0.05, 0) is 36.1 Å². The van der Waals surface area contributed by atoms with Crippen molar-refractivity contribution in [3.05, 3.63) is 35.9 Å². The molecule has 0 radical (unpaired) electrons. The Balaban J connectivity index is 2.39. The van der Waals surface area contributed by atoms with Crippen molar-refractivity contribution in [3.63, 3.8) is 0 Å². The Morgan fingerprint density at radius 3 is 2.28 bits per heavy atom. The molecule has 0 fully saturated rings. The lowest BCUT2D eigenvalue weighted by Gasteiger charge is -2.33. The third kappa shape index (κ3) is 5.45. The number of benzene rings is 1. The highest BCUT2D eigenvalue weighted by Crippen LogP contribution is 2.27. The van der Waals surface area contributed by atoms with Crippen LogP contribution in [0.1, 0.15) is 26.3 Å². The van der Waals surface area contributed by atoms with Gasteiger partial charge in [0.05, 0.1) is 0 Å². The molecule has 1 atom stereocenters. The van der Waals surface area contributed by atoms with E-state index >= 15 is 0 Å². The number of hydrogen-bond donors (Lipinski definition) is 1. The number of rotatable bonds is 6. The zero-order chi connectivity index (χ0) is 13.6. The van der Waals surface area contributed by atoms with Crippen molar-refractivity contribution < 1.29 is 0 Å². The highest BCUT2D eigenvalue weighted by atomic mass is 32.1. The molecule has 0 saturated carbocycles. The van der Waals surface area contributed by atoms with Gasteiger partial charge in [-0.15, -0.1) is 0 Å². The Morgan fingerprint density at radius 1 is 1.17 bits per heavy atom. The van der Waals surface area contributed by atoms with E-state index in [2.05, 4.69) is 75.7 Å². The summed E-state index contributed by atoms with van der Waals surface area (Å²) in [5.41, 5.74) is 1.76. The Bertz CT molecular complexity index is 329. The molecule has 0 amide bonds. The lowest BCUT2D eigenvalue weighted by atomic mass is 9.81. The van der Waals surface area contributed by atoms with Crippen molar-refractivity contribution in [1.82, 2.24) is 4.90 Å². The minimum atomic E-state index is 0.336. The second-order valence-electron chi connectivity index (χ2n) is 6.24. The first-order chi connectivity index (χ1) is 8.43. The van der Waals surface area contributed by atoms with Crippen molar-refractivity contribution in [2.75, 3.05) is 25.9 Å². The molecule has 0 heterocycles. The first-order valence-electron chi connectivity index (χ1n) is 6.77. The fourth-order valence-electron chi connectivity index (χ4n) is 2.04. The Hall–Kier alpha value is -0.470. The molecule has 0 bridgehead atoms. The summed E-state index contributed by atoms with van der Waals surface area (Å²) >= 11 is 4.50. The average Bonchev–Trinajstić information content (AvgIpc) is 2.33. The summed E-state index contributed by atoms with van der Waals surface area (Å²) in [6, 6.07) is 10.7. The van der Waals surface area contributed by atoms with Crippen molar-refractivity contribution in [3.8, 4) is 0 Å². The Morgan fingerprint density at radius 2 is 1.78 bits per heavy atom. The number of hydrogen-bond acceptors (Lipinski definition) is 2. The molecular weight excluding hydrogens is 238 g/mol. The molecule has 1 aromatic rings. The van der Waals surface area contributed by atoms with Crippen molar-refractivity contribution >= 4 is 12.6 Å². The summed E-state index contributed by atoms with van der Waals surface area (Å²) in [7, 11) is 2.21. The molecule has 2 heteroatoms. The van der Waals surface area contributed by atoms with Crippen LogP contribution < -0.4 is 0 Å². The van der Waals surface area contributed by atoms with Crippen LogP contribution in [0.3, 0.4) is 0 Å². The second-order valence-corrected chi connectivity index (χ2v) is 6.61. The summed E-state index contributed by atoms with van der Waals surface area (Å²) in [4.78, 5) is 2.43. The second kappa shape index (κ2) is 7.20. The number of likely N-dealkylation sites (N-methyl/N-ethyl adjacent to an activating group) is 1. The van der Waals surface area contributed by atoms with Gasteiger partial charge in [0.15, 0.2) is 0 Å². The maximum Gasteiger partial charge on any atom is 0.00195 e. The highest BCUT2D eigenvalue weighted by molar-refractivity contribution is 7.80. The molecule has 18 heavy (non-hydrogen) atoms. The predicted octanol–water partition coefficient (Wildman–Crippen LogP) is 3.75. The smallest absolute Gasteiger partial charge is 0.00195 e. The van der Waals surface area contributed by atoms with Gasteiger partial charge in [-0.1, -0.05) is 51.1 Å². The molecule has 0 aliphatic heterocycles. The fraction of sp³-hybridized carbons (Fsp3) is 0.625. The normalized spacial score (nSPS) is 13.9. The zero-order valence-electron chi connectivity index (χ0n) is 12.2. The Kier molecular flexibility index (Phi) is 6.24. The molecule has 0 spiro atoms. The van der Waals surface area contributed by atoms with E-state index in [1.54, 1.807) is 0 Å². The van der Waals surface area contributed by atoms with E-state index < -0.39 is 0 Å². The molecule has 0 aliphatic rings. The minimum Gasteiger partial charge on any atom is -0.306 e. The van der Waals surface area contributed by atoms with Gasteiger partial charge in [-0.2, -0.15) is 12.6 Å². The van der Waals surface area contributed by atoms with Crippen LogP contribution in [0.4, 0.5) is 0 Å². The first-order valence-corrected chi connectivity index (χ1v) is 7.40. The van der Waals surface area contributed by atoms with Crippen LogP contribution in [-0.4, -0.2) is 30.8 Å². The van der Waals surface area contributed by atoms with Crippen LogP contribution in [-0.2, 0) is 6.42 Å². The summed E-state index contributed by atoms with van der Waals surface area (Å²) in [5.74, 6) is 1.60. The molecular formula is C16H27NS. The van der Waals surface area contributed by atoms with Crippen LogP contribution in [0.5, 0.6) is 0 Å². The third-order valence-corrected chi connectivity index (χ3v) is 4.04. The van der Waals surface area contributed by atoms with Crippen LogP contribution in [0.25, 0.3) is 0 Å². The quantitative estimate of drug-likeness (QED) is 0.767. The van der Waals surface area contributed by atoms with Crippen molar-refractivity contribution in [1.29, 1.82) is 0 Å². The van der Waals surface area contributed by atoms with E-state index in [0.717, 1.165) is 25.3 Å². The molecule has 1 aromatic carbocycles. The number of thiol groups is 1. The zero-order valence-corrected chi connectivity index (χ0v) is 13.1. The van der Waals surface area contributed by atoms with Crippen LogP contribution in [0.2, 0.25) is 0 Å². The molecule has 0 N–H and O–H groups in total. The van der Waals surface area contributed by atoms with Crippen molar-refractivity contribution in [2.24, 2.45) is 11.3 Å². The van der Waals surface area contributed by atoms with Crippen LogP contribution >= 0.6 is 12.6 Å². The SMILES string of the molecule is CN(CCc1ccccc1)CC(CS)C(C)(C)C. The molecule has 0 aliphatic carbocycles. The van der Waals surface area contributed by atoms with E-state index in [4.69, 9.17) is 0 Å². The van der Waals surface area contributed by atoms with E-state index in [1.165, 1.54) is 5.56 Å². The van der Waals surface area contributed by atoms with Gasteiger partial charge in [-0.25, -0.2) is 0 Å². The van der Waals surface area contributed by atoms with Gasteiger partial charge in [0.25, 0.3) is 0 Å². The van der Waals surface area contributed by atoms with Crippen molar-refractivity contribution in [2.45, 2.75) is 27.2 Å². The predicted molar refractivity (Wildman–Crippen MR) is 84.4 cm³/mol. The lowest BCUT2D eigenvalue weighted by molar-refractivity contribution is 0.188. The van der Waals surface area contributed by atoms with Gasteiger partial charge in [0, 0.05) is 13.1 Å². The summed E-state index contributed by atoms with van der Waals surface area (Å²) in [6.07, 6.45) is 1.13. The Labute approximate surface area is 118 Å². The largest absolute Gasteiger partial charge is 0.306 e. The first kappa shape index (κ1) is 15.6. The summed E-state index contributed by atoms with van der Waals surface area (Å²) in [5, 5.41) is 0. The standard InChI is InChI=1S/C16H27NS/c1-16(2,3)15(13-18)12-17(4)11-10-14-8-6-5-7-9-14/h5-9,15,18H,10-13H2,1-4H3. The molecule has 1 unspecified atom stereocenters. The minimum absolute atomic E-state index is 0.336. The van der Waals surface area contributed by atoms with Gasteiger partial charge in [0.2, 0.25) is 0 Å². The van der Waals surface area contributed by atoms with E-state index in [0.29, 0.717) is 11.3 Å². The van der Waals surface area contributed by atoms with Gasteiger partial charge in [-0.3, -0.25) is 0 Å². The lowest BCUT2D eigenvalue weighted by Crippen LogP contribution is -2.35. The molecule has 0 aromatic heterocycles. The summed E-state index contributed by atoms with van der Waals surface area (Å²) in [6.45, 7) is 9.15. The van der Waals surface area contributed by atoms with Gasteiger partial charge in [0.1, 0.15) is 0 Å². The maximum absolute atomic E-state index is 4.50. The topological polar surface area (TPSA) is 3.24 Å². The average molecular weight is 265 g/mol. The van der Waals surface area contributed by atoms with E-state index in [1.807, 2.05) is 0 Å². The van der Waals surface area contributed by atoms with E-state index in [9.17, 15) is 0 Å². The van der Waals surface area contributed by atoms with E-state index in [-0.39, 0.29) is 0 Å². The highest BCUT2D eigenvalue weighted by Gasteiger charge is 2.24. The monoisotopic (exact) mass is 265 g/mol. The fourth-order valence-corrected chi connectivity index (χ4v) is 2.70. The van der Waals surface area contributed by atoms with Gasteiger partial charge < -0.3 is 4.90 Å².